The summed E-state index contributed by atoms with van der Waals surface area (Å²) < 4.78 is 0. The van der Waals surface area contributed by atoms with E-state index in [2.05, 4.69) is 35.8 Å². The first-order chi connectivity index (χ1) is 17.6. The molecule has 0 aliphatic carbocycles. The van der Waals surface area contributed by atoms with Gasteiger partial charge >= 0.3 is 0 Å². The number of pyridine rings is 1. The second-order valence-corrected chi connectivity index (χ2v) is 8.84. The fraction of sp³-hybridized carbons (Fsp3) is 0.214. The molecule has 1 amide bonds. The maximum absolute atomic E-state index is 12.9. The molecule has 1 aliphatic rings. The highest BCUT2D eigenvalue weighted by Gasteiger charge is 2.12. The van der Waals surface area contributed by atoms with Crippen LogP contribution in [0.2, 0.25) is 0 Å². The maximum Gasteiger partial charge on any atom is 0.255 e. The van der Waals surface area contributed by atoms with Gasteiger partial charge in [-0.25, -0.2) is 9.97 Å². The van der Waals surface area contributed by atoms with Crippen LogP contribution >= 0.6 is 12.4 Å². The fourth-order valence-electron chi connectivity index (χ4n) is 4.14. The molecular formula is C28H30ClN7O. The van der Waals surface area contributed by atoms with E-state index >= 15 is 0 Å². The molecule has 9 heteroatoms. The fourth-order valence-corrected chi connectivity index (χ4v) is 4.14. The molecule has 0 radical (unpaired) electrons. The molecule has 0 spiro atoms. The van der Waals surface area contributed by atoms with Gasteiger partial charge in [0.25, 0.3) is 5.91 Å². The van der Waals surface area contributed by atoms with Crippen LogP contribution in [0.1, 0.15) is 21.5 Å². The van der Waals surface area contributed by atoms with Gasteiger partial charge in [-0.1, -0.05) is 18.2 Å². The van der Waals surface area contributed by atoms with Gasteiger partial charge in [-0.3, -0.25) is 14.7 Å². The first-order valence-electron chi connectivity index (χ1n) is 12.1. The third-order valence-electron chi connectivity index (χ3n) is 6.19. The topological polar surface area (TPSA) is 95.1 Å². The number of carbonyl (C=O) groups is 1. The van der Waals surface area contributed by atoms with Crippen molar-refractivity contribution >= 4 is 35.6 Å². The van der Waals surface area contributed by atoms with Gasteiger partial charge in [0.05, 0.1) is 5.69 Å². The molecule has 0 bridgehead atoms. The Morgan fingerprint density at radius 2 is 1.86 bits per heavy atom. The minimum atomic E-state index is -0.145. The highest BCUT2D eigenvalue weighted by Crippen LogP contribution is 2.24. The Hall–Kier alpha value is -3.85. The van der Waals surface area contributed by atoms with Crippen molar-refractivity contribution in [2.75, 3.05) is 36.8 Å². The summed E-state index contributed by atoms with van der Waals surface area (Å²) in [6.45, 7) is 7.04. The number of halogens is 1. The normalized spacial score (nSPS) is 13.4. The molecule has 8 nitrogen and oxygen atoms in total. The van der Waals surface area contributed by atoms with Gasteiger partial charge in [0, 0.05) is 73.8 Å². The molecule has 1 saturated heterocycles. The summed E-state index contributed by atoms with van der Waals surface area (Å²) in [6, 6.07) is 19.3. The number of benzene rings is 2. The van der Waals surface area contributed by atoms with Crippen LogP contribution in [-0.4, -0.2) is 51.9 Å². The SMILES string of the molecule is Cc1ccc(NC(=O)c2ccc(CN3CCNCC3)cc2)cc1Nc1nccc(-c2cccn[14cH]2)n1.Cl. The second kappa shape index (κ2) is 12.4. The Bertz CT molecular complexity index is 1330. The number of nitrogens with zero attached hydrogens (tertiary/aromatic N) is 4. The molecule has 1 fully saturated rings. The number of carbonyl (C=O) groups excluding carboxylic acids is 1. The van der Waals surface area contributed by atoms with E-state index in [0.29, 0.717) is 17.2 Å². The summed E-state index contributed by atoms with van der Waals surface area (Å²) in [5.41, 5.74) is 6.07. The average molecular weight is 518 g/mol. The lowest BCUT2D eigenvalue weighted by Gasteiger charge is -2.27. The average Bonchev–Trinajstić information content (AvgIpc) is 2.92. The molecule has 0 saturated carbocycles. The van der Waals surface area contributed by atoms with Crippen molar-refractivity contribution in [1.82, 2.24) is 25.2 Å². The van der Waals surface area contributed by atoms with Crippen molar-refractivity contribution in [2.45, 2.75) is 13.5 Å². The van der Waals surface area contributed by atoms with E-state index in [-0.39, 0.29) is 18.3 Å². The molecule has 5 rings (SSSR count). The minimum absolute atomic E-state index is 0. The molecule has 190 valence electrons. The lowest BCUT2D eigenvalue weighted by atomic mass is 10.1. The molecule has 1 aliphatic heterocycles. The first kappa shape index (κ1) is 26.2. The van der Waals surface area contributed by atoms with Gasteiger partial charge in [-0.2, -0.15) is 0 Å². The number of hydrogen-bond acceptors (Lipinski definition) is 7. The molecular weight excluding hydrogens is 488 g/mol. The van der Waals surface area contributed by atoms with Crippen LogP contribution in [0.15, 0.2) is 79.3 Å². The van der Waals surface area contributed by atoms with Crippen LogP contribution in [0.5, 0.6) is 0 Å². The zero-order valence-electron chi connectivity index (χ0n) is 20.6. The van der Waals surface area contributed by atoms with E-state index in [1.165, 1.54) is 5.56 Å². The number of aromatic nitrogens is 3. The summed E-state index contributed by atoms with van der Waals surface area (Å²) in [5.74, 6) is 0.330. The highest BCUT2D eigenvalue weighted by atomic mass is 35.5. The molecule has 3 heterocycles. The van der Waals surface area contributed by atoms with Crippen molar-refractivity contribution in [1.29, 1.82) is 0 Å². The molecule has 4 aromatic rings. The third-order valence-corrected chi connectivity index (χ3v) is 6.19. The van der Waals surface area contributed by atoms with Gasteiger partial charge in [-0.15, -0.1) is 12.4 Å². The van der Waals surface area contributed by atoms with Gasteiger partial charge in [0.15, 0.2) is 0 Å². The molecule has 2 aromatic carbocycles. The molecule has 0 atom stereocenters. The first-order valence-corrected chi connectivity index (χ1v) is 12.1. The van der Waals surface area contributed by atoms with Crippen LogP contribution < -0.4 is 16.0 Å². The number of amides is 1. The van der Waals surface area contributed by atoms with Crippen LogP contribution in [0.4, 0.5) is 17.3 Å². The minimum Gasteiger partial charge on any atom is -0.324 e. The standard InChI is InChI=1S/C28H29N7O.ClH/c1-20-4-9-24(17-26(20)34-28-31-12-10-25(33-28)23-3-2-11-30-18-23)32-27(36)22-7-5-21(6-8-22)19-35-15-13-29-14-16-35;/h2-12,17-18,29H,13-16,19H2,1H3,(H,32,36)(H,31,33,34);1H/i18+2;. The summed E-state index contributed by atoms with van der Waals surface area (Å²) in [5, 5.41) is 9.65. The lowest BCUT2D eigenvalue weighted by molar-refractivity contribution is 0.102. The van der Waals surface area contributed by atoms with Gasteiger partial charge in [-0.05, 0) is 60.5 Å². The number of anilines is 3. The molecule has 3 N–H and O–H groups in total. The number of piperazine rings is 1. The second-order valence-electron chi connectivity index (χ2n) is 8.84. The predicted molar refractivity (Wildman–Crippen MR) is 150 cm³/mol. The van der Waals surface area contributed by atoms with E-state index in [1.54, 1.807) is 18.6 Å². The van der Waals surface area contributed by atoms with Crippen molar-refractivity contribution in [2.24, 2.45) is 0 Å². The Labute approximate surface area is 223 Å². The van der Waals surface area contributed by atoms with Crippen LogP contribution in [0.3, 0.4) is 0 Å². The van der Waals surface area contributed by atoms with Crippen LogP contribution in [0.25, 0.3) is 11.3 Å². The Balaban J connectivity index is 0.00000320. The number of aryl methyl sites for hydroxylation is 1. The highest BCUT2D eigenvalue weighted by molar-refractivity contribution is 6.04. The largest absolute Gasteiger partial charge is 0.324 e. The van der Waals surface area contributed by atoms with Gasteiger partial charge in [0.2, 0.25) is 5.95 Å². The van der Waals surface area contributed by atoms with Gasteiger partial charge in [0.1, 0.15) is 0 Å². The smallest absolute Gasteiger partial charge is 0.255 e. The van der Waals surface area contributed by atoms with Crippen molar-refractivity contribution < 1.29 is 4.79 Å². The lowest BCUT2D eigenvalue weighted by Crippen LogP contribution is -2.42. The Kier molecular flexibility index (Phi) is 8.79. The zero-order valence-corrected chi connectivity index (χ0v) is 21.5. The zero-order chi connectivity index (χ0) is 24.7. The van der Waals surface area contributed by atoms with Crippen molar-refractivity contribution in [3.05, 3.63) is 95.9 Å². The maximum atomic E-state index is 12.9. The van der Waals surface area contributed by atoms with Crippen molar-refractivity contribution in [3.8, 4) is 11.3 Å². The number of nitrogens with one attached hydrogen (secondary N) is 3. The quantitative estimate of drug-likeness (QED) is 0.328. The summed E-state index contributed by atoms with van der Waals surface area (Å²) >= 11 is 0. The number of hydrogen-bond donors (Lipinski definition) is 3. The monoisotopic (exact) mass is 517 g/mol. The van der Waals surface area contributed by atoms with Crippen LogP contribution in [0, 0.1) is 6.92 Å². The van der Waals surface area contributed by atoms with E-state index in [0.717, 1.165) is 55.2 Å². The van der Waals surface area contributed by atoms with Gasteiger partial charge < -0.3 is 16.0 Å². The van der Waals surface area contributed by atoms with E-state index in [4.69, 9.17) is 0 Å². The third kappa shape index (κ3) is 6.89. The Morgan fingerprint density at radius 3 is 2.62 bits per heavy atom. The van der Waals surface area contributed by atoms with E-state index in [9.17, 15) is 4.79 Å². The number of rotatable bonds is 7. The molecule has 37 heavy (non-hydrogen) atoms. The molecule has 2 aromatic heterocycles. The summed E-state index contributed by atoms with van der Waals surface area (Å²) in [7, 11) is 0. The Morgan fingerprint density at radius 1 is 1.05 bits per heavy atom. The molecule has 0 unspecified atom stereocenters. The van der Waals surface area contributed by atoms with E-state index in [1.807, 2.05) is 67.6 Å². The van der Waals surface area contributed by atoms with Crippen molar-refractivity contribution in [3.63, 3.8) is 0 Å². The van der Waals surface area contributed by atoms with Crippen LogP contribution in [-0.2, 0) is 6.54 Å². The van der Waals surface area contributed by atoms with E-state index < -0.39 is 0 Å². The summed E-state index contributed by atoms with van der Waals surface area (Å²) in [6.07, 6.45) is 5.21. The summed E-state index contributed by atoms with van der Waals surface area (Å²) in [4.78, 5) is 28.4. The predicted octanol–water partition coefficient (Wildman–Crippen LogP) is 4.67.